The molecule has 0 saturated heterocycles. The summed E-state index contributed by atoms with van der Waals surface area (Å²) in [6.07, 6.45) is 1.72. The number of hydrogen-bond donors (Lipinski definition) is 0. The van der Waals surface area contributed by atoms with Gasteiger partial charge in [-0.25, -0.2) is 4.79 Å². The number of furan rings is 1. The maximum atomic E-state index is 13.2. The average molecular weight is 483 g/mol. The van der Waals surface area contributed by atoms with E-state index in [0.29, 0.717) is 13.0 Å². The first-order valence-electron chi connectivity index (χ1n) is 11.9. The van der Waals surface area contributed by atoms with Crippen LogP contribution in [-0.2, 0) is 27.3 Å². The molecule has 0 aliphatic carbocycles. The van der Waals surface area contributed by atoms with Crippen LogP contribution in [0, 0.1) is 0 Å². The average Bonchev–Trinajstić information content (AvgIpc) is 3.46. The van der Waals surface area contributed by atoms with Gasteiger partial charge in [-0.1, -0.05) is 60.7 Å². The molecule has 7 nitrogen and oxygen atoms in total. The highest BCUT2D eigenvalue weighted by Crippen LogP contribution is 2.28. The number of ether oxygens (including phenoxy) is 1. The summed E-state index contributed by atoms with van der Waals surface area (Å²) in [6.45, 7) is 2.13. The number of carbonyl (C=O) groups is 3. The maximum Gasteiger partial charge on any atom is 0.329 e. The number of carbonyl (C=O) groups excluding carboxylic acids is 3. The van der Waals surface area contributed by atoms with E-state index in [-0.39, 0.29) is 18.2 Å². The Hall–Kier alpha value is -4.39. The Morgan fingerprint density at radius 3 is 2.47 bits per heavy atom. The van der Waals surface area contributed by atoms with Gasteiger partial charge in [0.25, 0.3) is 11.8 Å². The number of fused-ring (bicyclic) bond motifs is 2. The Morgan fingerprint density at radius 2 is 1.69 bits per heavy atom. The van der Waals surface area contributed by atoms with Crippen LogP contribution >= 0.6 is 0 Å². The highest BCUT2D eigenvalue weighted by atomic mass is 16.5. The maximum absolute atomic E-state index is 13.2. The van der Waals surface area contributed by atoms with Crippen LogP contribution in [0.2, 0.25) is 0 Å². The van der Waals surface area contributed by atoms with Crippen molar-refractivity contribution in [2.75, 3.05) is 18.1 Å². The lowest BCUT2D eigenvalue weighted by molar-refractivity contribution is -0.153. The van der Waals surface area contributed by atoms with E-state index in [4.69, 9.17) is 9.15 Å². The van der Waals surface area contributed by atoms with E-state index in [9.17, 15) is 14.4 Å². The predicted octanol–water partition coefficient (Wildman–Crippen LogP) is 4.60. The molecule has 2 amide bonds. The molecule has 4 aromatic rings. The third kappa shape index (κ3) is 4.47. The highest BCUT2D eigenvalue weighted by molar-refractivity contribution is 6.04. The number of nitrogens with zero attached hydrogens (tertiary/aromatic N) is 2. The smallest absolute Gasteiger partial charge is 0.329 e. The first-order valence-corrected chi connectivity index (χ1v) is 11.9. The standard InChI is InChI=1S/C29H26N2O5/c1-2-30(24-14-7-12-20-9-5-6-13-23(20)24)27(32)19-36-29(34)25-17-21-10-3-4-11-22(21)18-31(25)28(33)26-15-8-16-35-26/h3-16,25H,2,17-19H2,1H3/t25-/m0/s1. The molecule has 0 N–H and O–H groups in total. The van der Waals surface area contributed by atoms with E-state index >= 15 is 0 Å². The first kappa shape index (κ1) is 23.4. The van der Waals surface area contributed by atoms with E-state index in [1.807, 2.05) is 73.7 Å². The number of anilines is 1. The summed E-state index contributed by atoms with van der Waals surface area (Å²) in [5.41, 5.74) is 2.70. The van der Waals surface area contributed by atoms with Crippen LogP contribution in [0.1, 0.15) is 28.6 Å². The van der Waals surface area contributed by atoms with Gasteiger partial charge >= 0.3 is 5.97 Å². The molecular weight excluding hydrogens is 456 g/mol. The minimum atomic E-state index is -0.863. The second-order valence-corrected chi connectivity index (χ2v) is 8.64. The molecule has 2 heterocycles. The fourth-order valence-corrected chi connectivity index (χ4v) is 4.72. The highest BCUT2D eigenvalue weighted by Gasteiger charge is 2.37. The van der Waals surface area contributed by atoms with E-state index in [0.717, 1.165) is 27.6 Å². The molecule has 0 unspecified atom stereocenters. The van der Waals surface area contributed by atoms with Gasteiger partial charge in [-0.2, -0.15) is 0 Å². The monoisotopic (exact) mass is 482 g/mol. The molecule has 182 valence electrons. The summed E-state index contributed by atoms with van der Waals surface area (Å²) in [5, 5.41) is 1.96. The van der Waals surface area contributed by atoms with Gasteiger partial charge in [-0.05, 0) is 41.6 Å². The van der Waals surface area contributed by atoms with Gasteiger partial charge in [0.1, 0.15) is 6.04 Å². The van der Waals surface area contributed by atoms with Crippen molar-refractivity contribution in [2.24, 2.45) is 0 Å². The molecule has 1 aliphatic heterocycles. The Morgan fingerprint density at radius 1 is 0.944 bits per heavy atom. The van der Waals surface area contributed by atoms with Gasteiger partial charge in [-0.3, -0.25) is 9.59 Å². The Balaban J connectivity index is 1.34. The van der Waals surface area contributed by atoms with Crippen molar-refractivity contribution in [2.45, 2.75) is 25.9 Å². The number of hydrogen-bond acceptors (Lipinski definition) is 5. The minimum absolute atomic E-state index is 0.149. The first-order chi connectivity index (χ1) is 17.6. The zero-order chi connectivity index (χ0) is 25.1. The Kier molecular flexibility index (Phi) is 6.54. The molecule has 0 fully saturated rings. The van der Waals surface area contributed by atoms with Crippen LogP contribution in [0.3, 0.4) is 0 Å². The van der Waals surface area contributed by atoms with E-state index in [1.165, 1.54) is 11.2 Å². The molecule has 0 radical (unpaired) electrons. The molecule has 1 aliphatic rings. The molecule has 0 bridgehead atoms. The van der Waals surface area contributed by atoms with Crippen molar-refractivity contribution < 1.29 is 23.5 Å². The third-order valence-corrected chi connectivity index (χ3v) is 6.53. The van der Waals surface area contributed by atoms with Crippen LogP contribution in [0.5, 0.6) is 0 Å². The largest absolute Gasteiger partial charge is 0.459 e. The number of esters is 1. The van der Waals surface area contributed by atoms with Gasteiger partial charge < -0.3 is 19.0 Å². The molecule has 5 rings (SSSR count). The van der Waals surface area contributed by atoms with Crippen molar-refractivity contribution in [3.8, 4) is 0 Å². The third-order valence-electron chi connectivity index (χ3n) is 6.53. The van der Waals surface area contributed by atoms with Crippen LogP contribution in [0.25, 0.3) is 10.8 Å². The summed E-state index contributed by atoms with van der Waals surface area (Å²) in [7, 11) is 0. The number of benzene rings is 3. The number of rotatable bonds is 6. The van der Waals surface area contributed by atoms with Gasteiger partial charge in [-0.15, -0.1) is 0 Å². The molecule has 0 spiro atoms. The summed E-state index contributed by atoms with van der Waals surface area (Å²) < 4.78 is 10.8. The topological polar surface area (TPSA) is 80.1 Å². The molecular formula is C29H26N2O5. The van der Waals surface area contributed by atoms with E-state index in [2.05, 4.69) is 0 Å². The predicted molar refractivity (Wildman–Crippen MR) is 135 cm³/mol. The lowest BCUT2D eigenvalue weighted by atomic mass is 9.93. The molecule has 3 aromatic carbocycles. The second-order valence-electron chi connectivity index (χ2n) is 8.64. The van der Waals surface area contributed by atoms with Crippen molar-refractivity contribution in [3.05, 3.63) is 102 Å². The van der Waals surface area contributed by atoms with Crippen LogP contribution in [0.4, 0.5) is 5.69 Å². The molecule has 1 atom stereocenters. The van der Waals surface area contributed by atoms with Gasteiger partial charge in [0, 0.05) is 24.9 Å². The van der Waals surface area contributed by atoms with Crippen molar-refractivity contribution >= 4 is 34.2 Å². The fraction of sp³-hybridized carbons (Fsp3) is 0.207. The number of likely N-dealkylation sites (N-methyl/N-ethyl adjacent to an activating group) is 1. The van der Waals surface area contributed by atoms with Crippen LogP contribution < -0.4 is 4.90 Å². The normalized spacial score (nSPS) is 14.8. The van der Waals surface area contributed by atoms with Crippen LogP contribution in [-0.4, -0.2) is 41.9 Å². The molecule has 1 aromatic heterocycles. The van der Waals surface area contributed by atoms with E-state index < -0.39 is 24.5 Å². The SMILES string of the molecule is CCN(C(=O)COC(=O)[C@@H]1Cc2ccccc2CN1C(=O)c1ccco1)c1cccc2ccccc12. The minimum Gasteiger partial charge on any atom is -0.459 e. The number of amides is 2. The lowest BCUT2D eigenvalue weighted by Crippen LogP contribution is -2.50. The lowest BCUT2D eigenvalue weighted by Gasteiger charge is -2.35. The Bertz CT molecular complexity index is 1410. The molecule has 36 heavy (non-hydrogen) atoms. The second kappa shape index (κ2) is 10.1. The van der Waals surface area contributed by atoms with Crippen LogP contribution in [0.15, 0.2) is 89.5 Å². The molecule has 0 saturated carbocycles. The van der Waals surface area contributed by atoms with Crippen molar-refractivity contribution in [1.82, 2.24) is 4.90 Å². The van der Waals surface area contributed by atoms with Gasteiger partial charge in [0.15, 0.2) is 12.4 Å². The fourth-order valence-electron chi connectivity index (χ4n) is 4.72. The Labute approximate surface area is 208 Å². The van der Waals surface area contributed by atoms with Gasteiger partial charge in [0.05, 0.1) is 12.0 Å². The quantitative estimate of drug-likeness (QED) is 0.376. The molecule has 7 heteroatoms. The summed E-state index contributed by atoms with van der Waals surface area (Å²) in [4.78, 5) is 42.6. The summed E-state index contributed by atoms with van der Waals surface area (Å²) >= 11 is 0. The van der Waals surface area contributed by atoms with Crippen molar-refractivity contribution in [3.63, 3.8) is 0 Å². The van der Waals surface area contributed by atoms with Gasteiger partial charge in [0.2, 0.25) is 0 Å². The van der Waals surface area contributed by atoms with Crippen molar-refractivity contribution in [1.29, 1.82) is 0 Å². The van der Waals surface area contributed by atoms with E-state index in [1.54, 1.807) is 17.0 Å². The zero-order valence-electron chi connectivity index (χ0n) is 19.9. The summed E-state index contributed by atoms with van der Waals surface area (Å²) in [5.74, 6) is -1.20. The zero-order valence-corrected chi connectivity index (χ0v) is 19.9. The summed E-state index contributed by atoms with van der Waals surface area (Å²) in [6, 6.07) is 23.6.